The molecule has 2 rings (SSSR count). The number of carbonyl (C=O) groups is 1. The van der Waals surface area contributed by atoms with E-state index in [4.69, 9.17) is 4.52 Å². The molecule has 0 atom stereocenters. The van der Waals surface area contributed by atoms with Gasteiger partial charge in [0.25, 0.3) is 5.91 Å². The first-order chi connectivity index (χ1) is 10.1. The van der Waals surface area contributed by atoms with Crippen molar-refractivity contribution in [3.05, 3.63) is 35.9 Å². The quantitative estimate of drug-likeness (QED) is 0.884. The minimum Gasteiger partial charge on any atom is -0.360 e. The molecule has 0 radical (unpaired) electrons. The van der Waals surface area contributed by atoms with Crippen molar-refractivity contribution >= 4 is 17.4 Å². The van der Waals surface area contributed by atoms with E-state index in [-0.39, 0.29) is 5.91 Å². The van der Waals surface area contributed by atoms with Crippen molar-refractivity contribution in [2.45, 2.75) is 26.7 Å². The summed E-state index contributed by atoms with van der Waals surface area (Å²) in [4.78, 5) is 18.1. The van der Waals surface area contributed by atoms with E-state index in [0.29, 0.717) is 11.5 Å². The Labute approximate surface area is 124 Å². The summed E-state index contributed by atoms with van der Waals surface area (Å²) in [5.41, 5.74) is 1.17. The molecule has 2 heterocycles. The maximum atomic E-state index is 12.3. The van der Waals surface area contributed by atoms with Crippen LogP contribution in [0.25, 0.3) is 0 Å². The number of aromatic nitrogens is 2. The highest BCUT2D eigenvalue weighted by Gasteiger charge is 2.13. The van der Waals surface area contributed by atoms with Crippen LogP contribution in [-0.2, 0) is 0 Å². The molecule has 0 saturated carbocycles. The van der Waals surface area contributed by atoms with Crippen LogP contribution in [0.4, 0.5) is 11.5 Å². The van der Waals surface area contributed by atoms with Crippen LogP contribution in [0.1, 0.15) is 36.0 Å². The fourth-order valence-electron chi connectivity index (χ4n) is 1.89. The Morgan fingerprint density at radius 1 is 1.43 bits per heavy atom. The predicted octanol–water partition coefficient (Wildman–Crippen LogP) is 2.99. The molecule has 112 valence electrons. The monoisotopic (exact) mass is 288 g/mol. The Morgan fingerprint density at radius 3 is 2.90 bits per heavy atom. The molecule has 21 heavy (non-hydrogen) atoms. The third kappa shape index (κ3) is 4.05. The number of unbranched alkanes of at least 4 members (excludes halogenated alkanes) is 1. The second-order valence-electron chi connectivity index (χ2n) is 4.96. The van der Waals surface area contributed by atoms with Crippen LogP contribution in [0, 0.1) is 6.92 Å². The van der Waals surface area contributed by atoms with Crippen LogP contribution in [0.3, 0.4) is 0 Å². The van der Waals surface area contributed by atoms with Gasteiger partial charge in [0.1, 0.15) is 11.5 Å². The largest absolute Gasteiger partial charge is 0.360 e. The van der Waals surface area contributed by atoms with E-state index in [9.17, 15) is 4.79 Å². The number of pyridine rings is 1. The smallest absolute Gasteiger partial charge is 0.272 e. The first-order valence-corrected chi connectivity index (χ1v) is 7.02. The van der Waals surface area contributed by atoms with Crippen LogP contribution in [-0.4, -0.2) is 34.5 Å². The highest BCUT2D eigenvalue weighted by molar-refractivity contribution is 5.93. The summed E-state index contributed by atoms with van der Waals surface area (Å²) in [5, 5.41) is 6.95. The van der Waals surface area contributed by atoms with Gasteiger partial charge in [-0.15, -0.1) is 0 Å². The first-order valence-electron chi connectivity index (χ1n) is 7.02. The summed E-state index contributed by atoms with van der Waals surface area (Å²) in [5.74, 6) is 1.25. The molecular weight excluding hydrogens is 268 g/mol. The van der Waals surface area contributed by atoms with Crippen molar-refractivity contribution in [3.8, 4) is 0 Å². The molecule has 2 aromatic rings. The van der Waals surface area contributed by atoms with Crippen LogP contribution >= 0.6 is 0 Å². The summed E-state index contributed by atoms with van der Waals surface area (Å²) >= 11 is 0. The van der Waals surface area contributed by atoms with Gasteiger partial charge in [-0.25, -0.2) is 0 Å². The van der Waals surface area contributed by atoms with Crippen molar-refractivity contribution in [1.82, 2.24) is 15.0 Å². The van der Waals surface area contributed by atoms with E-state index >= 15 is 0 Å². The number of aryl methyl sites for hydroxylation is 1. The van der Waals surface area contributed by atoms with E-state index in [0.717, 1.165) is 30.8 Å². The fourth-order valence-corrected chi connectivity index (χ4v) is 1.89. The van der Waals surface area contributed by atoms with Gasteiger partial charge in [0.15, 0.2) is 5.82 Å². The Bertz CT molecular complexity index is 609. The molecule has 0 unspecified atom stereocenters. The maximum Gasteiger partial charge on any atom is 0.272 e. The molecule has 6 nitrogen and oxygen atoms in total. The molecule has 0 saturated heterocycles. The number of anilines is 2. The predicted molar refractivity (Wildman–Crippen MR) is 80.6 cm³/mol. The zero-order chi connectivity index (χ0) is 15.2. The van der Waals surface area contributed by atoms with Crippen molar-refractivity contribution in [2.24, 2.45) is 0 Å². The van der Waals surface area contributed by atoms with Gasteiger partial charge < -0.3 is 14.7 Å². The lowest BCUT2D eigenvalue weighted by atomic mass is 10.2. The molecule has 0 aliphatic heterocycles. The minimum atomic E-state index is -0.0802. The second-order valence-corrected chi connectivity index (χ2v) is 4.96. The standard InChI is InChI=1S/C15H20N4O2/c1-4-5-8-19(3)15(20)13-10-12(6-7-16-13)17-14-9-11(2)21-18-14/h6-7,9-10H,4-5,8H2,1-3H3,(H,16,17,18). The van der Waals surface area contributed by atoms with Crippen molar-refractivity contribution in [1.29, 1.82) is 0 Å². The van der Waals surface area contributed by atoms with Gasteiger partial charge in [0, 0.05) is 31.5 Å². The lowest BCUT2D eigenvalue weighted by molar-refractivity contribution is 0.0787. The SMILES string of the molecule is CCCCN(C)C(=O)c1cc(Nc2cc(C)on2)ccn1. The third-order valence-electron chi connectivity index (χ3n) is 3.07. The van der Waals surface area contributed by atoms with E-state index in [1.165, 1.54) is 0 Å². The molecule has 0 fully saturated rings. The topological polar surface area (TPSA) is 71.3 Å². The number of nitrogens with one attached hydrogen (secondary N) is 1. The molecule has 0 spiro atoms. The van der Waals surface area contributed by atoms with E-state index in [1.807, 2.05) is 6.92 Å². The van der Waals surface area contributed by atoms with Crippen LogP contribution < -0.4 is 5.32 Å². The number of hydrogen-bond acceptors (Lipinski definition) is 5. The summed E-state index contributed by atoms with van der Waals surface area (Å²) in [6, 6.07) is 5.29. The molecule has 6 heteroatoms. The number of amides is 1. The summed E-state index contributed by atoms with van der Waals surface area (Å²) in [6.45, 7) is 4.65. The zero-order valence-corrected chi connectivity index (χ0v) is 12.6. The van der Waals surface area contributed by atoms with Crippen LogP contribution in [0.15, 0.2) is 28.9 Å². The Kier molecular flexibility index (Phi) is 4.92. The van der Waals surface area contributed by atoms with Crippen molar-refractivity contribution in [3.63, 3.8) is 0 Å². The molecule has 0 aliphatic carbocycles. The highest BCUT2D eigenvalue weighted by Crippen LogP contribution is 2.17. The summed E-state index contributed by atoms with van der Waals surface area (Å²) < 4.78 is 4.99. The van der Waals surface area contributed by atoms with Crippen molar-refractivity contribution < 1.29 is 9.32 Å². The highest BCUT2D eigenvalue weighted by atomic mass is 16.5. The van der Waals surface area contributed by atoms with Gasteiger partial charge in [-0.1, -0.05) is 18.5 Å². The average Bonchev–Trinajstić information content (AvgIpc) is 2.89. The Hall–Kier alpha value is -2.37. The van der Waals surface area contributed by atoms with Gasteiger partial charge in [-0.05, 0) is 25.5 Å². The van der Waals surface area contributed by atoms with Crippen molar-refractivity contribution in [2.75, 3.05) is 18.9 Å². The molecular formula is C15H20N4O2. The fraction of sp³-hybridized carbons (Fsp3) is 0.400. The molecule has 0 aliphatic rings. The van der Waals surface area contributed by atoms with Gasteiger partial charge in [0.2, 0.25) is 0 Å². The zero-order valence-electron chi connectivity index (χ0n) is 12.6. The average molecular weight is 288 g/mol. The molecule has 1 N–H and O–H groups in total. The van der Waals surface area contributed by atoms with Crippen LogP contribution in [0.2, 0.25) is 0 Å². The molecule has 0 aromatic carbocycles. The number of rotatable bonds is 6. The van der Waals surface area contributed by atoms with E-state index in [2.05, 4.69) is 22.4 Å². The number of carbonyl (C=O) groups excluding carboxylic acids is 1. The van der Waals surface area contributed by atoms with Gasteiger partial charge in [-0.3, -0.25) is 9.78 Å². The van der Waals surface area contributed by atoms with Gasteiger partial charge in [-0.2, -0.15) is 0 Å². The first kappa shape index (κ1) is 15.0. The summed E-state index contributed by atoms with van der Waals surface area (Å²) in [6.07, 6.45) is 3.65. The van der Waals surface area contributed by atoms with E-state index in [1.54, 1.807) is 36.3 Å². The molecule has 2 aromatic heterocycles. The van der Waals surface area contributed by atoms with Gasteiger partial charge in [0.05, 0.1) is 0 Å². The molecule has 0 bridgehead atoms. The number of nitrogens with zero attached hydrogens (tertiary/aromatic N) is 3. The molecule has 1 amide bonds. The number of hydrogen-bond donors (Lipinski definition) is 1. The lowest BCUT2D eigenvalue weighted by Gasteiger charge is -2.16. The minimum absolute atomic E-state index is 0.0802. The Balaban J connectivity index is 2.08. The van der Waals surface area contributed by atoms with Gasteiger partial charge >= 0.3 is 0 Å². The summed E-state index contributed by atoms with van der Waals surface area (Å²) in [7, 11) is 1.79. The lowest BCUT2D eigenvalue weighted by Crippen LogP contribution is -2.28. The van der Waals surface area contributed by atoms with E-state index < -0.39 is 0 Å². The maximum absolute atomic E-state index is 12.3. The second kappa shape index (κ2) is 6.88. The third-order valence-corrected chi connectivity index (χ3v) is 3.07. The van der Waals surface area contributed by atoms with Crippen LogP contribution in [0.5, 0.6) is 0 Å². The normalized spacial score (nSPS) is 10.4. The Morgan fingerprint density at radius 2 is 2.24 bits per heavy atom.